The molecular weight excluding hydrogens is 425 g/mol. The van der Waals surface area contributed by atoms with Crippen molar-refractivity contribution in [3.8, 4) is 5.75 Å². The maximum absolute atomic E-state index is 12.7. The van der Waals surface area contributed by atoms with Gasteiger partial charge in [-0.05, 0) is 25.7 Å². The molecule has 0 N–H and O–H groups in total. The number of alkyl halides is 3. The Morgan fingerprint density at radius 1 is 1.12 bits per heavy atom. The van der Waals surface area contributed by atoms with E-state index in [1.807, 2.05) is 11.2 Å². The van der Waals surface area contributed by atoms with Crippen LogP contribution in [0.1, 0.15) is 49.4 Å². The van der Waals surface area contributed by atoms with Gasteiger partial charge in [-0.3, -0.25) is 4.68 Å². The van der Waals surface area contributed by atoms with Crippen LogP contribution in [0.4, 0.5) is 18.0 Å². The lowest BCUT2D eigenvalue weighted by Crippen LogP contribution is -2.67. The number of carbonyl (C=O) groups excluding carboxylic acids is 1. The molecule has 2 amide bonds. The Hall–Kier alpha value is -2.72. The minimum absolute atomic E-state index is 0.0348. The maximum atomic E-state index is 12.7. The number of urea groups is 1. The van der Waals surface area contributed by atoms with Crippen LogP contribution in [0.2, 0.25) is 0 Å². The molecule has 172 valence electrons. The highest BCUT2D eigenvalue weighted by Crippen LogP contribution is 2.54. The molecule has 2 saturated heterocycles. The fraction of sp³-hybridized carbons (Fsp3) is 0.667. The van der Waals surface area contributed by atoms with Crippen molar-refractivity contribution >= 4 is 6.03 Å². The summed E-state index contributed by atoms with van der Waals surface area (Å²) in [6.45, 7) is 1.26. The van der Waals surface area contributed by atoms with E-state index in [9.17, 15) is 18.0 Å². The molecule has 0 atom stereocenters. The van der Waals surface area contributed by atoms with E-state index in [1.54, 1.807) is 9.58 Å². The van der Waals surface area contributed by atoms with Gasteiger partial charge in [0.1, 0.15) is 0 Å². The topological polar surface area (TPSA) is 68.4 Å². The molecule has 0 radical (unpaired) electrons. The van der Waals surface area contributed by atoms with E-state index in [-0.39, 0.29) is 23.2 Å². The smallest absolute Gasteiger partial charge is 0.422 e. The number of likely N-dealkylation sites (tertiary alicyclic amines) is 2. The van der Waals surface area contributed by atoms with E-state index >= 15 is 0 Å². The Morgan fingerprint density at radius 2 is 1.88 bits per heavy atom. The van der Waals surface area contributed by atoms with Gasteiger partial charge in [-0.25, -0.2) is 9.78 Å². The Bertz CT molecular complexity index is 1010. The van der Waals surface area contributed by atoms with Gasteiger partial charge in [0.15, 0.2) is 12.4 Å². The molecule has 2 aliphatic heterocycles. The molecule has 0 unspecified atom stereocenters. The van der Waals surface area contributed by atoms with Crippen LogP contribution in [0.5, 0.6) is 5.75 Å². The van der Waals surface area contributed by atoms with Crippen molar-refractivity contribution in [2.75, 3.05) is 32.8 Å². The van der Waals surface area contributed by atoms with Gasteiger partial charge in [0.2, 0.25) is 0 Å². The van der Waals surface area contributed by atoms with Gasteiger partial charge >= 0.3 is 12.2 Å². The summed E-state index contributed by atoms with van der Waals surface area (Å²) < 4.78 is 45.3. The highest BCUT2D eigenvalue weighted by Gasteiger charge is 2.55. The van der Waals surface area contributed by atoms with Gasteiger partial charge in [-0.2, -0.15) is 18.3 Å². The average Bonchev–Trinajstić information content (AvgIpc) is 3.18. The first-order valence-electron chi connectivity index (χ1n) is 11.1. The Balaban J connectivity index is 0.944. The first-order chi connectivity index (χ1) is 15.3. The Kier molecular flexibility index (Phi) is 4.29. The molecule has 2 saturated carbocycles. The molecule has 32 heavy (non-hydrogen) atoms. The zero-order valence-electron chi connectivity index (χ0n) is 17.5. The molecule has 2 aromatic rings. The number of carbonyl (C=O) groups is 1. The Morgan fingerprint density at radius 3 is 2.56 bits per heavy atom. The molecule has 0 aromatic carbocycles. The number of amides is 2. The van der Waals surface area contributed by atoms with Crippen LogP contribution < -0.4 is 4.74 Å². The van der Waals surface area contributed by atoms with Crippen molar-refractivity contribution in [1.82, 2.24) is 29.1 Å². The number of halogens is 3. The molecule has 11 heteroatoms. The third-order valence-corrected chi connectivity index (χ3v) is 7.19. The average molecular weight is 450 g/mol. The SMILES string of the molecule is O=C(N1CC(n2cc(OCC(F)(F)F)cn2)C1)N1CC2(CC(n3cnc(C4CC4)c3)C2)C1. The van der Waals surface area contributed by atoms with Crippen molar-refractivity contribution in [2.24, 2.45) is 5.41 Å². The summed E-state index contributed by atoms with van der Waals surface area (Å²) in [5, 5.41) is 4.08. The van der Waals surface area contributed by atoms with Crippen LogP contribution in [-0.2, 0) is 0 Å². The first-order valence-corrected chi connectivity index (χ1v) is 11.1. The zero-order chi connectivity index (χ0) is 22.1. The summed E-state index contributed by atoms with van der Waals surface area (Å²) in [5.41, 5.74) is 1.47. The van der Waals surface area contributed by atoms with Crippen molar-refractivity contribution in [2.45, 2.75) is 49.9 Å². The van der Waals surface area contributed by atoms with Crippen molar-refractivity contribution in [1.29, 1.82) is 0 Å². The fourth-order valence-electron chi connectivity index (χ4n) is 5.19. The summed E-state index contributed by atoms with van der Waals surface area (Å²) in [4.78, 5) is 20.9. The lowest BCUT2D eigenvalue weighted by molar-refractivity contribution is -0.153. The number of hydrogen-bond acceptors (Lipinski definition) is 4. The highest BCUT2D eigenvalue weighted by molar-refractivity contribution is 5.76. The fourth-order valence-corrected chi connectivity index (χ4v) is 5.19. The van der Waals surface area contributed by atoms with E-state index in [2.05, 4.69) is 20.8 Å². The van der Waals surface area contributed by atoms with Gasteiger partial charge in [-0.1, -0.05) is 0 Å². The minimum Gasteiger partial charge on any atom is -0.481 e. The monoisotopic (exact) mass is 450 g/mol. The molecular formula is C21H25F3N6O2. The normalized spacial score (nSPS) is 23.1. The van der Waals surface area contributed by atoms with Crippen LogP contribution in [0.15, 0.2) is 24.9 Å². The third-order valence-electron chi connectivity index (χ3n) is 7.19. The summed E-state index contributed by atoms with van der Waals surface area (Å²) in [6, 6.07) is 0.497. The second-order valence-corrected chi connectivity index (χ2v) is 9.84. The predicted molar refractivity (Wildman–Crippen MR) is 106 cm³/mol. The maximum Gasteiger partial charge on any atom is 0.422 e. The standard InChI is InChI=1S/C21H25F3N6O2/c22-21(23,24)12-32-17-5-26-30(8-17)16-6-27(7-16)19(31)29-10-20(11-29)3-15(4-20)28-9-18(25-13-28)14-1-2-14/h5,8-9,13-16H,1-4,6-7,10-12H2. The number of nitrogens with zero attached hydrogens (tertiary/aromatic N) is 6. The molecule has 2 aliphatic carbocycles. The molecule has 1 spiro atoms. The summed E-state index contributed by atoms with van der Waals surface area (Å²) in [7, 11) is 0. The molecule has 8 nitrogen and oxygen atoms in total. The van der Waals surface area contributed by atoms with Gasteiger partial charge < -0.3 is 19.1 Å². The van der Waals surface area contributed by atoms with E-state index < -0.39 is 12.8 Å². The number of rotatable bonds is 5. The zero-order valence-corrected chi connectivity index (χ0v) is 17.5. The third kappa shape index (κ3) is 3.61. The van der Waals surface area contributed by atoms with Gasteiger partial charge in [0.25, 0.3) is 0 Å². The van der Waals surface area contributed by atoms with Crippen LogP contribution in [-0.4, -0.2) is 74.1 Å². The van der Waals surface area contributed by atoms with Crippen LogP contribution in [0.25, 0.3) is 0 Å². The largest absolute Gasteiger partial charge is 0.481 e. The number of hydrogen-bond donors (Lipinski definition) is 0. The van der Waals surface area contributed by atoms with Crippen LogP contribution in [0.3, 0.4) is 0 Å². The first kappa shape index (κ1) is 19.9. The summed E-state index contributed by atoms with van der Waals surface area (Å²) in [6.07, 6.45) is 7.21. The molecule has 4 aliphatic rings. The van der Waals surface area contributed by atoms with E-state index in [0.717, 1.165) is 25.9 Å². The van der Waals surface area contributed by atoms with Gasteiger partial charge in [0, 0.05) is 49.8 Å². The second kappa shape index (κ2) is 6.89. The van der Waals surface area contributed by atoms with Gasteiger partial charge in [0.05, 0.1) is 30.5 Å². The van der Waals surface area contributed by atoms with Crippen LogP contribution in [0, 0.1) is 5.41 Å². The number of aromatic nitrogens is 4. The molecule has 0 bridgehead atoms. The lowest BCUT2D eigenvalue weighted by atomic mass is 9.60. The van der Waals surface area contributed by atoms with E-state index in [1.165, 1.54) is 30.9 Å². The predicted octanol–water partition coefficient (Wildman–Crippen LogP) is 3.21. The van der Waals surface area contributed by atoms with Crippen molar-refractivity contribution in [3.05, 3.63) is 30.6 Å². The summed E-state index contributed by atoms with van der Waals surface area (Å²) in [5.74, 6) is 0.752. The van der Waals surface area contributed by atoms with E-state index in [0.29, 0.717) is 25.0 Å². The van der Waals surface area contributed by atoms with Crippen LogP contribution >= 0.6 is 0 Å². The van der Waals surface area contributed by atoms with Gasteiger partial charge in [-0.15, -0.1) is 0 Å². The van der Waals surface area contributed by atoms with Crippen molar-refractivity contribution < 1.29 is 22.7 Å². The molecule has 6 rings (SSSR count). The number of ether oxygens (including phenoxy) is 1. The summed E-state index contributed by atoms with van der Waals surface area (Å²) >= 11 is 0. The molecule has 4 heterocycles. The highest BCUT2D eigenvalue weighted by atomic mass is 19.4. The quantitative estimate of drug-likeness (QED) is 0.702. The second-order valence-electron chi connectivity index (χ2n) is 9.84. The van der Waals surface area contributed by atoms with Crippen molar-refractivity contribution in [3.63, 3.8) is 0 Å². The van der Waals surface area contributed by atoms with E-state index in [4.69, 9.17) is 4.74 Å². The Labute approximate surface area is 182 Å². The number of imidazole rings is 1. The molecule has 2 aromatic heterocycles. The lowest BCUT2D eigenvalue weighted by Gasteiger charge is -2.60. The molecule has 4 fully saturated rings. The minimum atomic E-state index is -4.38.